The van der Waals surface area contributed by atoms with Crippen LogP contribution in [0.15, 0.2) is 29.0 Å². The fourth-order valence-electron chi connectivity index (χ4n) is 1.79. The summed E-state index contributed by atoms with van der Waals surface area (Å²) in [6.45, 7) is 6.63. The number of nitrogens with zero attached hydrogens (tertiary/aromatic N) is 3. The van der Waals surface area contributed by atoms with Gasteiger partial charge in [0.15, 0.2) is 5.16 Å². The summed E-state index contributed by atoms with van der Waals surface area (Å²) in [5.74, 6) is 0.0304. The molecular weight excluding hydrogens is 304 g/mol. The Bertz CT molecular complexity index is 565. The number of thiophene rings is 1. The maximum atomic E-state index is 11.9. The number of amides is 1. The fraction of sp³-hybridized carbons (Fsp3) is 0.500. The van der Waals surface area contributed by atoms with E-state index in [9.17, 15) is 4.79 Å². The van der Waals surface area contributed by atoms with E-state index in [-0.39, 0.29) is 17.2 Å². The minimum atomic E-state index is -0.183. The van der Waals surface area contributed by atoms with Gasteiger partial charge in [0.05, 0.1) is 5.25 Å². The maximum Gasteiger partial charge on any atom is 0.233 e. The number of rotatable bonds is 7. The molecule has 1 atom stereocenters. The lowest BCUT2D eigenvalue weighted by molar-refractivity contribution is -0.120. The topological polar surface area (TPSA) is 59.8 Å². The van der Waals surface area contributed by atoms with Crippen LogP contribution in [0.5, 0.6) is 0 Å². The lowest BCUT2D eigenvalue weighted by atomic mass is 10.3. The molecule has 0 saturated heterocycles. The van der Waals surface area contributed by atoms with Crippen molar-refractivity contribution in [3.8, 4) is 0 Å². The zero-order chi connectivity index (χ0) is 15.2. The number of nitrogens with one attached hydrogen (secondary N) is 1. The normalized spacial score (nSPS) is 12.6. The van der Waals surface area contributed by atoms with E-state index in [0.717, 1.165) is 18.1 Å². The molecule has 1 N–H and O–H groups in total. The average molecular weight is 324 g/mol. The van der Waals surface area contributed by atoms with Crippen molar-refractivity contribution >= 4 is 29.0 Å². The van der Waals surface area contributed by atoms with Crippen LogP contribution in [0.3, 0.4) is 0 Å². The zero-order valence-corrected chi connectivity index (χ0v) is 14.1. The molecule has 0 aliphatic heterocycles. The van der Waals surface area contributed by atoms with Crippen molar-refractivity contribution in [3.05, 3.63) is 28.7 Å². The van der Waals surface area contributed by atoms with Gasteiger partial charge in [0.25, 0.3) is 0 Å². The molecule has 0 fully saturated rings. The third-order valence-corrected chi connectivity index (χ3v) is 4.87. The first-order valence-electron chi connectivity index (χ1n) is 6.93. The molecule has 0 aliphatic rings. The van der Waals surface area contributed by atoms with Gasteiger partial charge in [0.1, 0.15) is 6.33 Å². The van der Waals surface area contributed by atoms with E-state index in [1.54, 1.807) is 17.7 Å². The molecule has 114 valence electrons. The first-order chi connectivity index (χ1) is 10.1. The van der Waals surface area contributed by atoms with Gasteiger partial charge < -0.3 is 9.88 Å². The minimum Gasteiger partial charge on any atom is -0.353 e. The summed E-state index contributed by atoms with van der Waals surface area (Å²) in [6, 6.07) is 4.33. The number of hydrogen-bond donors (Lipinski definition) is 1. The van der Waals surface area contributed by atoms with Gasteiger partial charge in [-0.15, -0.1) is 21.5 Å². The molecule has 1 amide bonds. The van der Waals surface area contributed by atoms with Crippen LogP contribution < -0.4 is 5.32 Å². The predicted octanol–water partition coefficient (Wildman–Crippen LogP) is 2.59. The molecule has 0 spiro atoms. The number of carbonyl (C=O) groups is 1. The number of hydrogen-bond acceptors (Lipinski definition) is 5. The molecule has 0 aliphatic carbocycles. The van der Waals surface area contributed by atoms with Gasteiger partial charge in [-0.1, -0.05) is 17.8 Å². The van der Waals surface area contributed by atoms with Crippen molar-refractivity contribution in [2.24, 2.45) is 0 Å². The summed E-state index contributed by atoms with van der Waals surface area (Å²) in [6.07, 6.45) is 2.68. The molecule has 7 heteroatoms. The fourth-order valence-corrected chi connectivity index (χ4v) is 3.35. The standard InChI is InChI=1S/C14H20N4OS2/c1-10(2)16-13(19)11(3)21-14-17-15-9-18(14)7-6-12-5-4-8-20-12/h4-5,8-11H,6-7H2,1-3H3,(H,16,19). The number of aryl methyl sites for hydroxylation is 2. The van der Waals surface area contributed by atoms with E-state index in [1.165, 1.54) is 16.6 Å². The number of thioether (sulfide) groups is 1. The Morgan fingerprint density at radius 1 is 1.48 bits per heavy atom. The average Bonchev–Trinajstić information content (AvgIpc) is 3.06. The predicted molar refractivity (Wildman–Crippen MR) is 86.6 cm³/mol. The second kappa shape index (κ2) is 7.61. The van der Waals surface area contributed by atoms with Crippen molar-refractivity contribution in [2.45, 2.75) is 50.2 Å². The first-order valence-corrected chi connectivity index (χ1v) is 8.69. The lowest BCUT2D eigenvalue weighted by Gasteiger charge is -2.14. The molecule has 2 heterocycles. The van der Waals surface area contributed by atoms with E-state index in [4.69, 9.17) is 0 Å². The smallest absolute Gasteiger partial charge is 0.233 e. The van der Waals surface area contributed by atoms with Gasteiger partial charge in [0, 0.05) is 17.5 Å². The molecule has 5 nitrogen and oxygen atoms in total. The zero-order valence-electron chi connectivity index (χ0n) is 12.4. The minimum absolute atomic E-state index is 0.0304. The Morgan fingerprint density at radius 2 is 2.29 bits per heavy atom. The van der Waals surface area contributed by atoms with E-state index < -0.39 is 0 Å². The van der Waals surface area contributed by atoms with E-state index in [0.29, 0.717) is 0 Å². The highest BCUT2D eigenvalue weighted by Gasteiger charge is 2.18. The second-order valence-corrected chi connectivity index (χ2v) is 7.40. The van der Waals surface area contributed by atoms with Crippen LogP contribution in [0, 0.1) is 0 Å². The van der Waals surface area contributed by atoms with Crippen LogP contribution in [0.4, 0.5) is 0 Å². The Morgan fingerprint density at radius 3 is 2.95 bits per heavy atom. The molecular formula is C14H20N4OS2. The Hall–Kier alpha value is -1.34. The summed E-state index contributed by atoms with van der Waals surface area (Å²) in [4.78, 5) is 13.3. The second-order valence-electron chi connectivity index (χ2n) is 5.06. The summed E-state index contributed by atoms with van der Waals surface area (Å²) in [5, 5.41) is 13.7. The van der Waals surface area contributed by atoms with E-state index in [2.05, 4.69) is 33.0 Å². The van der Waals surface area contributed by atoms with Crippen molar-refractivity contribution in [3.63, 3.8) is 0 Å². The Balaban J connectivity index is 1.92. The van der Waals surface area contributed by atoms with Crippen molar-refractivity contribution in [1.82, 2.24) is 20.1 Å². The largest absolute Gasteiger partial charge is 0.353 e. The molecule has 2 rings (SSSR count). The van der Waals surface area contributed by atoms with Gasteiger partial charge in [-0.3, -0.25) is 4.79 Å². The lowest BCUT2D eigenvalue weighted by Crippen LogP contribution is -2.36. The molecule has 0 aromatic carbocycles. The number of aromatic nitrogens is 3. The molecule has 2 aromatic heterocycles. The van der Waals surface area contributed by atoms with Gasteiger partial charge in [0.2, 0.25) is 5.91 Å². The molecule has 0 bridgehead atoms. The monoisotopic (exact) mass is 324 g/mol. The summed E-state index contributed by atoms with van der Waals surface area (Å²) >= 11 is 3.20. The van der Waals surface area contributed by atoms with Gasteiger partial charge in [-0.05, 0) is 38.6 Å². The highest BCUT2D eigenvalue weighted by molar-refractivity contribution is 8.00. The highest BCUT2D eigenvalue weighted by Crippen LogP contribution is 2.21. The molecule has 21 heavy (non-hydrogen) atoms. The number of carbonyl (C=O) groups excluding carboxylic acids is 1. The third-order valence-electron chi connectivity index (χ3n) is 2.84. The summed E-state index contributed by atoms with van der Waals surface area (Å²) in [5.41, 5.74) is 0. The summed E-state index contributed by atoms with van der Waals surface area (Å²) in [7, 11) is 0. The van der Waals surface area contributed by atoms with E-state index >= 15 is 0 Å². The van der Waals surface area contributed by atoms with Crippen LogP contribution in [0.1, 0.15) is 25.6 Å². The van der Waals surface area contributed by atoms with Gasteiger partial charge >= 0.3 is 0 Å². The SMILES string of the molecule is CC(C)NC(=O)C(C)Sc1nncn1CCc1cccs1. The quantitative estimate of drug-likeness (QED) is 0.795. The molecule has 0 radical (unpaired) electrons. The summed E-state index contributed by atoms with van der Waals surface area (Å²) < 4.78 is 2.00. The molecule has 2 aromatic rings. The first kappa shape index (κ1) is 16.0. The van der Waals surface area contributed by atoms with Crippen LogP contribution in [-0.2, 0) is 17.8 Å². The Kier molecular flexibility index (Phi) is 5.81. The Labute approximate surface area is 133 Å². The van der Waals surface area contributed by atoms with Crippen LogP contribution >= 0.6 is 23.1 Å². The van der Waals surface area contributed by atoms with Crippen LogP contribution in [-0.4, -0.2) is 32.0 Å². The highest BCUT2D eigenvalue weighted by atomic mass is 32.2. The van der Waals surface area contributed by atoms with E-state index in [1.807, 2.05) is 25.3 Å². The van der Waals surface area contributed by atoms with Crippen LogP contribution in [0.25, 0.3) is 0 Å². The maximum absolute atomic E-state index is 11.9. The van der Waals surface area contributed by atoms with Crippen molar-refractivity contribution in [1.29, 1.82) is 0 Å². The van der Waals surface area contributed by atoms with Crippen molar-refractivity contribution in [2.75, 3.05) is 0 Å². The van der Waals surface area contributed by atoms with Gasteiger partial charge in [-0.25, -0.2) is 0 Å². The molecule has 0 saturated carbocycles. The van der Waals surface area contributed by atoms with Crippen LogP contribution in [0.2, 0.25) is 0 Å². The van der Waals surface area contributed by atoms with Gasteiger partial charge in [-0.2, -0.15) is 0 Å². The van der Waals surface area contributed by atoms with Crippen molar-refractivity contribution < 1.29 is 4.79 Å². The third kappa shape index (κ3) is 4.86. The molecule has 1 unspecified atom stereocenters.